The Labute approximate surface area is 151 Å². The number of hydrogen-bond donors (Lipinski definition) is 1. The molecule has 0 spiro atoms. The molecule has 1 aliphatic heterocycles. The summed E-state index contributed by atoms with van der Waals surface area (Å²) in [6.45, 7) is 2.64. The van der Waals surface area contributed by atoms with Gasteiger partial charge in [-0.3, -0.25) is 4.79 Å². The molecule has 6 nitrogen and oxygen atoms in total. The van der Waals surface area contributed by atoms with Crippen LogP contribution in [0.25, 0.3) is 16.7 Å². The third-order valence-electron chi connectivity index (χ3n) is 4.41. The van der Waals surface area contributed by atoms with Crippen molar-refractivity contribution in [2.24, 2.45) is 0 Å². The van der Waals surface area contributed by atoms with Crippen LogP contribution in [0, 0.1) is 0 Å². The van der Waals surface area contributed by atoms with E-state index in [2.05, 4.69) is 16.9 Å². The van der Waals surface area contributed by atoms with Gasteiger partial charge in [-0.2, -0.15) is 0 Å². The number of likely N-dealkylation sites (tertiary alicyclic amines) is 1. The second-order valence-corrected chi connectivity index (χ2v) is 6.35. The minimum absolute atomic E-state index is 0.237. The number of aromatic nitrogens is 2. The Morgan fingerprint density at radius 1 is 1.15 bits per heavy atom. The smallest absolute Gasteiger partial charge is 0.335 e. The van der Waals surface area contributed by atoms with Crippen LogP contribution in [0.2, 0.25) is 0 Å². The SMILES string of the molecule is CN1CCCC1.O=Cc1cnc2c(ccn2-c2ccc(C(=O)O)cc2)c1. The number of pyridine rings is 1. The summed E-state index contributed by atoms with van der Waals surface area (Å²) < 4.78 is 1.84. The normalized spacial score (nSPS) is 14.0. The van der Waals surface area contributed by atoms with Crippen LogP contribution in [0.15, 0.2) is 48.8 Å². The first-order chi connectivity index (χ1) is 12.6. The van der Waals surface area contributed by atoms with Crippen molar-refractivity contribution >= 4 is 23.3 Å². The van der Waals surface area contributed by atoms with Crippen LogP contribution in [0.1, 0.15) is 33.6 Å². The second-order valence-electron chi connectivity index (χ2n) is 6.35. The number of fused-ring (bicyclic) bond motifs is 1. The number of aromatic carboxylic acids is 1. The lowest BCUT2D eigenvalue weighted by atomic mass is 10.2. The molecule has 0 amide bonds. The van der Waals surface area contributed by atoms with E-state index in [1.807, 2.05) is 16.8 Å². The van der Waals surface area contributed by atoms with Gasteiger partial charge in [-0.15, -0.1) is 0 Å². The average Bonchev–Trinajstić information content (AvgIpc) is 3.30. The highest BCUT2D eigenvalue weighted by molar-refractivity contribution is 5.88. The zero-order chi connectivity index (χ0) is 18.5. The first kappa shape index (κ1) is 17.8. The molecule has 0 aliphatic carbocycles. The highest BCUT2D eigenvalue weighted by Gasteiger charge is 2.07. The Morgan fingerprint density at radius 2 is 1.85 bits per heavy atom. The lowest BCUT2D eigenvalue weighted by Gasteiger charge is -2.05. The minimum atomic E-state index is -0.956. The van der Waals surface area contributed by atoms with Crippen LogP contribution in [0.3, 0.4) is 0 Å². The predicted molar refractivity (Wildman–Crippen MR) is 100 cm³/mol. The Balaban J connectivity index is 0.000000278. The molecule has 1 aromatic carbocycles. The number of benzene rings is 1. The fourth-order valence-electron chi connectivity index (χ4n) is 2.95. The van der Waals surface area contributed by atoms with Gasteiger partial charge in [0.25, 0.3) is 0 Å². The summed E-state index contributed by atoms with van der Waals surface area (Å²) in [7, 11) is 2.17. The fourth-order valence-corrected chi connectivity index (χ4v) is 2.95. The minimum Gasteiger partial charge on any atom is -0.478 e. The average molecular weight is 351 g/mol. The first-order valence-corrected chi connectivity index (χ1v) is 8.53. The fraction of sp³-hybridized carbons (Fsp3) is 0.250. The van der Waals surface area contributed by atoms with Crippen molar-refractivity contribution in [1.82, 2.24) is 14.5 Å². The summed E-state index contributed by atoms with van der Waals surface area (Å²) in [5.41, 5.74) is 2.30. The summed E-state index contributed by atoms with van der Waals surface area (Å²) in [4.78, 5) is 28.2. The maximum Gasteiger partial charge on any atom is 0.335 e. The van der Waals surface area contributed by atoms with E-state index in [-0.39, 0.29) is 5.56 Å². The summed E-state index contributed by atoms with van der Waals surface area (Å²) in [5.74, 6) is -0.956. The van der Waals surface area contributed by atoms with Gasteiger partial charge in [-0.25, -0.2) is 9.78 Å². The molecule has 3 heterocycles. The van der Waals surface area contributed by atoms with Crippen molar-refractivity contribution in [3.05, 3.63) is 59.9 Å². The van der Waals surface area contributed by atoms with Crippen LogP contribution >= 0.6 is 0 Å². The number of carbonyl (C=O) groups is 2. The number of hydrogen-bond acceptors (Lipinski definition) is 4. The quantitative estimate of drug-likeness (QED) is 0.733. The first-order valence-electron chi connectivity index (χ1n) is 8.53. The zero-order valence-corrected chi connectivity index (χ0v) is 14.6. The second kappa shape index (κ2) is 7.93. The number of nitrogens with zero attached hydrogens (tertiary/aromatic N) is 3. The van der Waals surface area contributed by atoms with E-state index in [9.17, 15) is 9.59 Å². The molecular formula is C20H21N3O3. The van der Waals surface area contributed by atoms with Gasteiger partial charge in [0.1, 0.15) is 5.65 Å². The van der Waals surface area contributed by atoms with Crippen molar-refractivity contribution in [3.63, 3.8) is 0 Å². The molecule has 0 atom stereocenters. The van der Waals surface area contributed by atoms with Gasteiger partial charge in [0.15, 0.2) is 6.29 Å². The molecule has 6 heteroatoms. The number of carboxylic acids is 1. The van der Waals surface area contributed by atoms with Crippen molar-refractivity contribution in [2.45, 2.75) is 12.8 Å². The number of rotatable bonds is 3. The third-order valence-corrected chi connectivity index (χ3v) is 4.41. The van der Waals surface area contributed by atoms with Gasteiger partial charge in [-0.05, 0) is 69.4 Å². The Hall–Kier alpha value is -2.99. The molecule has 0 radical (unpaired) electrons. The number of carboxylic acid groups (broad SMARTS) is 1. The van der Waals surface area contributed by atoms with Gasteiger partial charge in [0.2, 0.25) is 0 Å². The predicted octanol–water partition coefficient (Wildman–Crippen LogP) is 3.25. The molecule has 1 fully saturated rings. The molecule has 1 aliphatic rings. The topological polar surface area (TPSA) is 75.4 Å². The summed E-state index contributed by atoms with van der Waals surface area (Å²) in [6, 6.07) is 10.2. The van der Waals surface area contributed by atoms with E-state index in [0.717, 1.165) is 23.0 Å². The molecule has 0 bridgehead atoms. The molecule has 1 N–H and O–H groups in total. The van der Waals surface area contributed by atoms with E-state index >= 15 is 0 Å². The van der Waals surface area contributed by atoms with Gasteiger partial charge in [0.05, 0.1) is 5.56 Å². The molecule has 1 saturated heterocycles. The van der Waals surface area contributed by atoms with E-state index < -0.39 is 5.97 Å². The summed E-state index contributed by atoms with van der Waals surface area (Å²) in [5, 5.41) is 9.74. The van der Waals surface area contributed by atoms with E-state index in [1.54, 1.807) is 30.3 Å². The Kier molecular flexibility index (Phi) is 5.43. The largest absolute Gasteiger partial charge is 0.478 e. The van der Waals surface area contributed by atoms with E-state index in [0.29, 0.717) is 5.56 Å². The van der Waals surface area contributed by atoms with Crippen LogP contribution in [0.5, 0.6) is 0 Å². The maximum absolute atomic E-state index is 10.8. The highest BCUT2D eigenvalue weighted by atomic mass is 16.4. The van der Waals surface area contributed by atoms with E-state index in [4.69, 9.17) is 5.11 Å². The highest BCUT2D eigenvalue weighted by Crippen LogP contribution is 2.19. The van der Waals surface area contributed by atoms with Crippen LogP contribution in [0.4, 0.5) is 0 Å². The monoisotopic (exact) mass is 351 g/mol. The molecule has 26 heavy (non-hydrogen) atoms. The van der Waals surface area contributed by atoms with Crippen LogP contribution < -0.4 is 0 Å². The number of aldehydes is 1. The Morgan fingerprint density at radius 3 is 2.38 bits per heavy atom. The van der Waals surface area contributed by atoms with Crippen molar-refractivity contribution in [1.29, 1.82) is 0 Å². The van der Waals surface area contributed by atoms with Crippen LogP contribution in [-0.2, 0) is 0 Å². The molecular weight excluding hydrogens is 330 g/mol. The molecule has 0 saturated carbocycles. The summed E-state index contributed by atoms with van der Waals surface area (Å²) in [6.07, 6.45) is 6.93. The van der Waals surface area contributed by atoms with Crippen molar-refractivity contribution < 1.29 is 14.7 Å². The van der Waals surface area contributed by atoms with Gasteiger partial charge >= 0.3 is 5.97 Å². The maximum atomic E-state index is 10.8. The van der Waals surface area contributed by atoms with Crippen LogP contribution in [-0.4, -0.2) is 52.0 Å². The van der Waals surface area contributed by atoms with Gasteiger partial charge in [-0.1, -0.05) is 0 Å². The van der Waals surface area contributed by atoms with E-state index in [1.165, 1.54) is 32.1 Å². The van der Waals surface area contributed by atoms with Gasteiger partial charge < -0.3 is 14.6 Å². The lowest BCUT2D eigenvalue weighted by Crippen LogP contribution is -2.10. The third kappa shape index (κ3) is 3.97. The molecule has 0 unspecified atom stereocenters. The lowest BCUT2D eigenvalue weighted by molar-refractivity contribution is 0.0696. The Bertz CT molecular complexity index is 910. The number of carbonyl (C=O) groups excluding carboxylic acids is 1. The summed E-state index contributed by atoms with van der Waals surface area (Å²) >= 11 is 0. The molecule has 4 rings (SSSR count). The molecule has 134 valence electrons. The van der Waals surface area contributed by atoms with Crippen molar-refractivity contribution in [3.8, 4) is 5.69 Å². The van der Waals surface area contributed by atoms with Crippen molar-refractivity contribution in [2.75, 3.05) is 20.1 Å². The zero-order valence-electron chi connectivity index (χ0n) is 14.6. The standard InChI is InChI=1S/C15H10N2O3.C5H11N/c18-9-10-7-12-5-6-17(14(12)16-8-10)13-3-1-11(2-4-13)15(19)20;1-6-4-2-3-5-6/h1-9H,(H,19,20);2-5H2,1H3. The molecule has 2 aromatic heterocycles. The molecule has 3 aromatic rings. The van der Waals surface area contributed by atoms with Gasteiger partial charge in [0, 0.05) is 29.0 Å².